The molecular weight excluding hydrogens is 676 g/mol. The summed E-state index contributed by atoms with van der Waals surface area (Å²) in [5.41, 5.74) is 4.73. The molecule has 0 nitrogen and oxygen atoms in total. The highest BCUT2D eigenvalue weighted by atomic mass is 35.6. The molecule has 0 fully saturated rings. The first-order valence-corrected chi connectivity index (χ1v) is 40.7. The van der Waals surface area contributed by atoms with Gasteiger partial charge in [-0.1, -0.05) is 169 Å². The predicted octanol–water partition coefficient (Wildman–Crippen LogP) is 12.6. The molecule has 0 saturated heterocycles. The Hall–Kier alpha value is 1.32. The van der Waals surface area contributed by atoms with E-state index in [0.29, 0.717) is 17.8 Å². The highest BCUT2D eigenvalue weighted by molar-refractivity contribution is 7.68. The third kappa shape index (κ3) is 10.2. The van der Waals surface area contributed by atoms with E-state index in [1.807, 2.05) is 0 Å². The van der Waals surface area contributed by atoms with Crippen molar-refractivity contribution in [3.63, 3.8) is 0 Å². The van der Waals surface area contributed by atoms with Crippen LogP contribution in [0.5, 0.6) is 0 Å². The summed E-state index contributed by atoms with van der Waals surface area (Å²) in [4.78, 5) is 1.72. The Labute approximate surface area is 287 Å². The topological polar surface area (TPSA) is 0 Å². The van der Waals surface area contributed by atoms with E-state index in [9.17, 15) is 0 Å². The van der Waals surface area contributed by atoms with Crippen molar-refractivity contribution < 1.29 is 0 Å². The van der Waals surface area contributed by atoms with E-state index in [-0.39, 0.29) is 5.41 Å². The van der Waals surface area contributed by atoms with Crippen molar-refractivity contribution in [3.05, 3.63) is 28.8 Å². The summed E-state index contributed by atoms with van der Waals surface area (Å²) in [5, 5.41) is 1.53. The van der Waals surface area contributed by atoms with Crippen LogP contribution in [0.25, 0.3) is 0 Å². The lowest BCUT2D eigenvalue weighted by molar-refractivity contribution is 0.461. The lowest BCUT2D eigenvalue weighted by Gasteiger charge is -2.61. The second-order valence-electron chi connectivity index (χ2n) is 20.3. The van der Waals surface area contributed by atoms with Crippen molar-refractivity contribution in [2.45, 2.75) is 174 Å². The minimum atomic E-state index is -2.20. The zero-order valence-electron chi connectivity index (χ0n) is 32.5. The van der Waals surface area contributed by atoms with Gasteiger partial charge in [0, 0.05) is 32.3 Å². The molecule has 0 spiro atoms. The molecule has 0 aliphatic carbocycles. The Bertz CT molecular complexity index is 1050. The molecule has 0 unspecified atom stereocenters. The highest BCUT2D eigenvalue weighted by Gasteiger charge is 2.64. The summed E-state index contributed by atoms with van der Waals surface area (Å²) in [5.74, 6) is 1.41. The van der Waals surface area contributed by atoms with Gasteiger partial charge in [0.2, 0.25) is 0 Å². The summed E-state index contributed by atoms with van der Waals surface area (Å²) in [6, 6.07) is 6.42. The maximum absolute atomic E-state index is 8.63. The van der Waals surface area contributed by atoms with Crippen molar-refractivity contribution in [1.82, 2.24) is 0 Å². The maximum atomic E-state index is 8.63. The molecule has 0 radical (unpaired) electrons. The van der Waals surface area contributed by atoms with Gasteiger partial charge in [0.05, 0.1) is 7.59 Å². The zero-order valence-corrected chi connectivity index (χ0v) is 41.0. The van der Waals surface area contributed by atoms with Crippen LogP contribution in [0.2, 0.25) is 94.2 Å². The maximum Gasteiger partial charge on any atom is 0.149 e. The van der Waals surface area contributed by atoms with Gasteiger partial charge in [0.15, 0.2) is 0 Å². The molecular formula is C34H72Cl2Si7. The molecule has 0 N–H and O–H groups in total. The van der Waals surface area contributed by atoms with E-state index in [2.05, 4.69) is 153 Å². The lowest BCUT2D eigenvalue weighted by atomic mass is 9.89. The van der Waals surface area contributed by atoms with Gasteiger partial charge in [-0.2, -0.15) is 0 Å². The van der Waals surface area contributed by atoms with Crippen LogP contribution in [0, 0.1) is 5.41 Å². The van der Waals surface area contributed by atoms with E-state index in [1.54, 1.807) is 0 Å². The summed E-state index contributed by atoms with van der Waals surface area (Å²) < 4.78 is 0. The molecule has 0 aromatic heterocycles. The average molecular weight is 748 g/mol. The van der Waals surface area contributed by atoms with Gasteiger partial charge in [-0.3, -0.25) is 0 Å². The summed E-state index contributed by atoms with van der Waals surface area (Å²) in [6.07, 6.45) is 0. The first-order chi connectivity index (χ1) is 18.8. The van der Waals surface area contributed by atoms with Crippen LogP contribution in [-0.2, 0) is 0 Å². The fourth-order valence-electron chi connectivity index (χ4n) is 9.79. The Balaban J connectivity index is 4.84. The number of hydrogen-bond acceptors (Lipinski definition) is 0. The number of rotatable bonds is 12. The van der Waals surface area contributed by atoms with Gasteiger partial charge in [0.1, 0.15) is 13.9 Å². The van der Waals surface area contributed by atoms with Crippen LogP contribution in [0.4, 0.5) is 0 Å². The Morgan fingerprint density at radius 1 is 0.581 bits per heavy atom. The van der Waals surface area contributed by atoms with Crippen LogP contribution in [0.15, 0.2) is 12.1 Å². The monoisotopic (exact) mass is 746 g/mol. The SMILES string of the molecule is CC(C)c1cc(C(C)C)c([Si](Cl)=[Si](Cl)[Si](CC(C)(C)C)(C([Si](C)(C)C)[Si](C)(C)C)C([Si](C)(C)C)[Si](C)(C)C)c(C(C)C)c1. The molecule has 0 aliphatic heterocycles. The van der Waals surface area contributed by atoms with Crippen LogP contribution in [0.1, 0.15) is 96.8 Å². The fraction of sp³-hybridized carbons (Fsp3) is 0.824. The van der Waals surface area contributed by atoms with E-state index >= 15 is 0 Å². The smallest absolute Gasteiger partial charge is 0.146 e. The van der Waals surface area contributed by atoms with E-state index in [0.717, 1.165) is 9.58 Å². The first kappa shape index (κ1) is 42.3. The minimum absolute atomic E-state index is 0.244. The van der Waals surface area contributed by atoms with E-state index < -0.39 is 53.8 Å². The molecule has 0 heterocycles. The van der Waals surface area contributed by atoms with Crippen molar-refractivity contribution in [2.24, 2.45) is 5.41 Å². The third-order valence-corrected chi connectivity index (χ3v) is 75.0. The normalized spacial score (nSPS) is 15.4. The molecule has 43 heavy (non-hydrogen) atoms. The lowest BCUT2D eigenvalue weighted by Crippen LogP contribution is -2.74. The molecule has 1 rings (SSSR count). The van der Waals surface area contributed by atoms with Gasteiger partial charge in [0.25, 0.3) is 0 Å². The molecule has 0 atom stereocenters. The molecule has 0 bridgehead atoms. The van der Waals surface area contributed by atoms with Crippen LogP contribution in [0.3, 0.4) is 0 Å². The molecule has 0 aliphatic rings. The largest absolute Gasteiger partial charge is 0.149 e. The van der Waals surface area contributed by atoms with E-state index in [1.165, 1.54) is 27.9 Å². The fourth-order valence-corrected chi connectivity index (χ4v) is 118. The molecule has 250 valence electrons. The van der Waals surface area contributed by atoms with Crippen molar-refractivity contribution >= 4 is 81.1 Å². The summed E-state index contributed by atoms with van der Waals surface area (Å²) in [7, 11) is -10.2. The van der Waals surface area contributed by atoms with Gasteiger partial charge >= 0.3 is 0 Å². The Kier molecular flexibility index (Phi) is 14.2. The molecule has 0 saturated carbocycles. The standard InChI is InChI=1S/C34H72Cl2Si7/c1-25(2)28-22-29(26(3)4)31(30(23-28)27(5)6)37(35)38(36)43(24-34(7,8)9,32(39(10,11)12)40(13,14)15)33(41(16,17)18)42(19,20)21/h22-23,25-27,32-33H,24H2,1-21H3. The molecule has 1 aromatic rings. The average Bonchev–Trinajstić information content (AvgIpc) is 2.71. The van der Waals surface area contributed by atoms with E-state index in [4.69, 9.17) is 22.2 Å². The van der Waals surface area contributed by atoms with Gasteiger partial charge in [-0.05, 0) is 45.0 Å². The second-order valence-corrected chi connectivity index (χ2v) is 64.2. The van der Waals surface area contributed by atoms with Crippen molar-refractivity contribution in [1.29, 1.82) is 0 Å². The second kappa shape index (κ2) is 14.4. The van der Waals surface area contributed by atoms with Crippen LogP contribution >= 0.6 is 22.2 Å². The number of halogens is 2. The number of benzene rings is 1. The van der Waals surface area contributed by atoms with Gasteiger partial charge in [-0.15, -0.1) is 22.2 Å². The van der Waals surface area contributed by atoms with Crippen LogP contribution < -0.4 is 5.19 Å². The third-order valence-electron chi connectivity index (χ3n) is 9.27. The van der Waals surface area contributed by atoms with Gasteiger partial charge in [-0.25, -0.2) is 0 Å². The van der Waals surface area contributed by atoms with Crippen molar-refractivity contribution in [3.8, 4) is 0 Å². The highest BCUT2D eigenvalue weighted by Crippen LogP contribution is 2.56. The number of hydrogen-bond donors (Lipinski definition) is 0. The quantitative estimate of drug-likeness (QED) is 0.148. The Morgan fingerprint density at radius 2 is 0.884 bits per heavy atom. The predicted molar refractivity (Wildman–Crippen MR) is 222 cm³/mol. The first-order valence-electron chi connectivity index (χ1n) is 17.1. The van der Waals surface area contributed by atoms with Gasteiger partial charge < -0.3 is 0 Å². The zero-order chi connectivity index (χ0) is 34.5. The summed E-state index contributed by atoms with van der Waals surface area (Å²) >= 11 is 16.9. The minimum Gasteiger partial charge on any atom is -0.146 e. The van der Waals surface area contributed by atoms with Crippen molar-refractivity contribution in [2.75, 3.05) is 0 Å². The molecule has 1 aromatic carbocycles. The Morgan fingerprint density at radius 3 is 1.09 bits per heavy atom. The molecule has 9 heteroatoms. The molecule has 0 amide bonds. The summed E-state index contributed by atoms with van der Waals surface area (Å²) in [6.45, 7) is 53.0. The van der Waals surface area contributed by atoms with Crippen LogP contribution in [-0.4, -0.2) is 53.8 Å².